The largest absolute Gasteiger partial charge is 0.415 e. The van der Waals surface area contributed by atoms with Gasteiger partial charge in [0.1, 0.15) is 0 Å². The predicted octanol–water partition coefficient (Wildman–Crippen LogP) is 15.9. The molecule has 0 aromatic heterocycles. The molecular weight excluding hydrogens is 643 g/mol. The maximum absolute atomic E-state index is 6.90. The van der Waals surface area contributed by atoms with Gasteiger partial charge in [-0.25, -0.2) is 0 Å². The topological polar surface area (TPSA) is 21.7 Å². The Kier molecular flexibility index (Phi) is 36.5. The van der Waals surface area contributed by atoms with E-state index >= 15 is 0 Å². The van der Waals surface area contributed by atoms with Crippen LogP contribution >= 0.6 is 0 Å². The lowest BCUT2D eigenvalue weighted by Gasteiger charge is -2.33. The number of hydrogen-bond donors (Lipinski definition) is 0. The van der Waals surface area contributed by atoms with Gasteiger partial charge in [-0.15, -0.1) is 0 Å². The Labute approximate surface area is 320 Å². The van der Waals surface area contributed by atoms with Crippen LogP contribution in [0.4, 0.5) is 0 Å². The fraction of sp³-hybridized carbons (Fsp3) is 1.00. The zero-order valence-corrected chi connectivity index (χ0v) is 38.3. The van der Waals surface area contributed by atoms with E-state index in [1.165, 1.54) is 218 Å². The minimum absolute atomic E-state index is 0.213. The Morgan fingerprint density at radius 1 is 0.380 bits per heavy atom. The molecular formula is C45H97NO2Si2. The number of nitrogens with zero attached hydrogens (tertiary/aromatic N) is 1. The molecule has 1 atom stereocenters. The van der Waals surface area contributed by atoms with Crippen LogP contribution in [0.1, 0.15) is 219 Å². The van der Waals surface area contributed by atoms with Gasteiger partial charge in [0.25, 0.3) is 0 Å². The van der Waals surface area contributed by atoms with Gasteiger partial charge in [0.15, 0.2) is 16.6 Å². The smallest absolute Gasteiger partial charge is 0.187 e. The van der Waals surface area contributed by atoms with Crippen LogP contribution in [0.25, 0.3) is 0 Å². The molecule has 0 spiro atoms. The molecule has 0 fully saturated rings. The molecule has 0 aliphatic carbocycles. The van der Waals surface area contributed by atoms with Gasteiger partial charge in [-0.05, 0) is 52.4 Å². The third kappa shape index (κ3) is 38.1. The summed E-state index contributed by atoms with van der Waals surface area (Å²) >= 11 is 0. The fourth-order valence-electron chi connectivity index (χ4n) is 7.63. The van der Waals surface area contributed by atoms with Crippen LogP contribution in [0, 0.1) is 0 Å². The van der Waals surface area contributed by atoms with E-state index in [0.717, 1.165) is 13.2 Å². The molecule has 0 bridgehead atoms. The lowest BCUT2D eigenvalue weighted by molar-refractivity contribution is 0.0915. The highest BCUT2D eigenvalue weighted by Crippen LogP contribution is 2.23. The fourth-order valence-corrected chi connectivity index (χ4v) is 11.8. The first-order chi connectivity index (χ1) is 24.1. The average Bonchev–Trinajstić information content (AvgIpc) is 3.06. The van der Waals surface area contributed by atoms with Crippen LogP contribution in [0.3, 0.4) is 0 Å². The van der Waals surface area contributed by atoms with Gasteiger partial charge in [-0.1, -0.05) is 219 Å². The number of rotatable bonds is 41. The summed E-state index contributed by atoms with van der Waals surface area (Å²) in [4.78, 5) is 2.29. The normalized spacial score (nSPS) is 13.1. The Balaban J connectivity index is 3.91. The first kappa shape index (κ1) is 50.3. The van der Waals surface area contributed by atoms with Gasteiger partial charge >= 0.3 is 0 Å². The Morgan fingerprint density at radius 3 is 0.920 bits per heavy atom. The number of likely N-dealkylation sites (N-methyl/N-ethyl adjacent to an activating group) is 1. The van der Waals surface area contributed by atoms with Gasteiger partial charge in [-0.3, -0.25) is 0 Å². The van der Waals surface area contributed by atoms with Crippen LogP contribution in [0.15, 0.2) is 0 Å². The van der Waals surface area contributed by atoms with E-state index in [-0.39, 0.29) is 6.10 Å². The van der Waals surface area contributed by atoms with E-state index in [1.54, 1.807) is 0 Å². The van der Waals surface area contributed by atoms with E-state index in [4.69, 9.17) is 8.85 Å². The van der Waals surface area contributed by atoms with Crippen molar-refractivity contribution in [1.82, 2.24) is 4.90 Å². The summed E-state index contributed by atoms with van der Waals surface area (Å²) in [5, 5.41) is 0. The van der Waals surface area contributed by atoms with E-state index in [2.05, 4.69) is 59.0 Å². The molecule has 302 valence electrons. The van der Waals surface area contributed by atoms with Crippen molar-refractivity contribution in [1.29, 1.82) is 0 Å². The molecule has 0 aromatic rings. The lowest BCUT2D eigenvalue weighted by Crippen LogP contribution is -2.44. The van der Waals surface area contributed by atoms with E-state index in [9.17, 15) is 0 Å². The van der Waals surface area contributed by atoms with Crippen molar-refractivity contribution in [3.8, 4) is 0 Å². The maximum atomic E-state index is 6.90. The van der Waals surface area contributed by atoms with Gasteiger partial charge < -0.3 is 13.8 Å². The average molecular weight is 740 g/mol. The van der Waals surface area contributed by atoms with Crippen molar-refractivity contribution in [2.24, 2.45) is 0 Å². The van der Waals surface area contributed by atoms with Crippen LogP contribution in [-0.4, -0.2) is 54.9 Å². The summed E-state index contributed by atoms with van der Waals surface area (Å²) in [5.41, 5.74) is 0. The molecule has 5 heteroatoms. The summed E-state index contributed by atoms with van der Waals surface area (Å²) in [6, 6.07) is 2.58. The van der Waals surface area contributed by atoms with Gasteiger partial charge in [0.2, 0.25) is 0 Å². The lowest BCUT2D eigenvalue weighted by atomic mass is 10.0. The molecule has 0 heterocycles. The molecule has 0 aliphatic heterocycles. The van der Waals surface area contributed by atoms with Gasteiger partial charge in [0.05, 0.1) is 12.7 Å². The maximum Gasteiger partial charge on any atom is 0.187 e. The van der Waals surface area contributed by atoms with Crippen LogP contribution < -0.4 is 0 Å². The molecule has 0 saturated carbocycles. The molecule has 0 radical (unpaired) electrons. The molecule has 0 rings (SSSR count). The predicted molar refractivity (Wildman–Crippen MR) is 233 cm³/mol. The van der Waals surface area contributed by atoms with Crippen molar-refractivity contribution >= 4 is 16.6 Å². The van der Waals surface area contributed by atoms with E-state index in [0.29, 0.717) is 0 Å². The van der Waals surface area contributed by atoms with Crippen LogP contribution in [0.2, 0.25) is 38.3 Å². The Hall–Kier alpha value is 0.314. The van der Waals surface area contributed by atoms with Gasteiger partial charge in [0, 0.05) is 6.54 Å². The zero-order chi connectivity index (χ0) is 37.0. The quantitative estimate of drug-likeness (QED) is 0.0460. The van der Waals surface area contributed by atoms with E-state index < -0.39 is 16.6 Å². The molecule has 50 heavy (non-hydrogen) atoms. The first-order valence-electron chi connectivity index (χ1n) is 23.1. The molecule has 0 aliphatic rings. The molecule has 1 unspecified atom stereocenters. The third-order valence-electron chi connectivity index (χ3n) is 11.0. The summed E-state index contributed by atoms with van der Waals surface area (Å²) in [6.07, 6.45) is 46.1. The highest BCUT2D eigenvalue weighted by Gasteiger charge is 2.29. The monoisotopic (exact) mass is 740 g/mol. The van der Waals surface area contributed by atoms with Crippen molar-refractivity contribution in [2.45, 2.75) is 264 Å². The standard InChI is InChI=1S/C45H97NO2Si2/c1-9-11-13-15-17-19-21-23-25-27-29-31-33-35-37-39-41-49(5,6)47-44-45(43-46(3)4)48-50(7,8)42-40-38-36-34-32-30-28-26-24-22-20-18-16-14-12-10-2/h45H,9-44H2,1-8H3. The van der Waals surface area contributed by atoms with Crippen LogP contribution in [-0.2, 0) is 8.85 Å². The molecule has 0 saturated heterocycles. The number of hydrogen-bond acceptors (Lipinski definition) is 3. The highest BCUT2D eigenvalue weighted by molar-refractivity contribution is 6.71. The molecule has 0 aromatic carbocycles. The molecule has 0 amide bonds. The van der Waals surface area contributed by atoms with Crippen molar-refractivity contribution < 1.29 is 8.85 Å². The summed E-state index contributed by atoms with van der Waals surface area (Å²) in [5.74, 6) is 0. The first-order valence-corrected chi connectivity index (χ1v) is 29.3. The second-order valence-electron chi connectivity index (χ2n) is 17.9. The summed E-state index contributed by atoms with van der Waals surface area (Å²) in [6.45, 7) is 16.1. The minimum Gasteiger partial charge on any atom is -0.415 e. The van der Waals surface area contributed by atoms with Crippen molar-refractivity contribution in [3.63, 3.8) is 0 Å². The molecule has 0 N–H and O–H groups in total. The third-order valence-corrected chi connectivity index (χ3v) is 16.0. The van der Waals surface area contributed by atoms with Crippen LogP contribution in [0.5, 0.6) is 0 Å². The second-order valence-corrected chi connectivity index (χ2v) is 26.5. The van der Waals surface area contributed by atoms with E-state index in [1.807, 2.05) is 0 Å². The molecule has 3 nitrogen and oxygen atoms in total. The zero-order valence-electron chi connectivity index (χ0n) is 36.3. The van der Waals surface area contributed by atoms with Crippen molar-refractivity contribution in [3.05, 3.63) is 0 Å². The summed E-state index contributed by atoms with van der Waals surface area (Å²) < 4.78 is 13.6. The Morgan fingerprint density at radius 2 is 0.640 bits per heavy atom. The van der Waals surface area contributed by atoms with Crippen molar-refractivity contribution in [2.75, 3.05) is 27.2 Å². The number of unbranched alkanes of at least 4 members (excludes halogenated alkanes) is 30. The Bertz CT molecular complexity index is 671. The summed E-state index contributed by atoms with van der Waals surface area (Å²) in [7, 11) is 1.02. The SMILES string of the molecule is CCCCCCCCCCCCCCCCCC[Si](C)(C)OCC(CN(C)C)O[Si](C)(C)CCCCCCCCCCCCCCCCCC. The highest BCUT2D eigenvalue weighted by atomic mass is 28.4. The minimum atomic E-state index is -1.69. The van der Waals surface area contributed by atoms with Gasteiger partial charge in [-0.2, -0.15) is 0 Å². The second kappa shape index (κ2) is 36.3.